The fourth-order valence-corrected chi connectivity index (χ4v) is 4.37. The van der Waals surface area contributed by atoms with Crippen LogP contribution in [0.2, 0.25) is 0 Å². The third-order valence-corrected chi connectivity index (χ3v) is 6.39. The standard InChI is InChI=1S/C29H29F2N3O5/c1-37-14-13-33(29(36)21-5-4-6-23(31)15-21)18-28(35)34-25(20-9-12-26(38-2)27(16-20)39-3)17-24(32-34)19-7-10-22(30)11-8-19/h4-12,15-16,25H,13-14,17-18H2,1-3H3/t25-/m1/s1. The highest BCUT2D eigenvalue weighted by Crippen LogP contribution is 2.37. The van der Waals surface area contributed by atoms with Crippen LogP contribution >= 0.6 is 0 Å². The lowest BCUT2D eigenvalue weighted by molar-refractivity contribution is -0.133. The number of hydrazone groups is 1. The summed E-state index contributed by atoms with van der Waals surface area (Å²) in [5, 5.41) is 5.93. The molecule has 0 radical (unpaired) electrons. The molecule has 8 nitrogen and oxygen atoms in total. The molecule has 3 aromatic rings. The summed E-state index contributed by atoms with van der Waals surface area (Å²) in [5.41, 5.74) is 2.11. The van der Waals surface area contributed by atoms with Crippen molar-refractivity contribution < 1.29 is 32.6 Å². The number of hydrogen-bond donors (Lipinski definition) is 0. The molecular weight excluding hydrogens is 508 g/mol. The molecule has 0 saturated heterocycles. The zero-order valence-electron chi connectivity index (χ0n) is 21.9. The van der Waals surface area contributed by atoms with Crippen LogP contribution in [0.1, 0.15) is 33.9 Å². The van der Waals surface area contributed by atoms with E-state index in [9.17, 15) is 18.4 Å². The van der Waals surface area contributed by atoms with E-state index in [0.717, 1.165) is 11.6 Å². The Labute approximate surface area is 225 Å². The van der Waals surface area contributed by atoms with Crippen molar-refractivity contribution in [1.82, 2.24) is 9.91 Å². The Morgan fingerprint density at radius 3 is 2.36 bits per heavy atom. The van der Waals surface area contributed by atoms with Gasteiger partial charge in [-0.05, 0) is 53.6 Å². The van der Waals surface area contributed by atoms with Crippen LogP contribution in [-0.2, 0) is 9.53 Å². The van der Waals surface area contributed by atoms with Crippen molar-refractivity contribution in [2.45, 2.75) is 12.5 Å². The normalized spacial score (nSPS) is 14.6. The number of halogens is 2. The lowest BCUT2D eigenvalue weighted by Gasteiger charge is -2.27. The molecular formula is C29H29F2N3O5. The summed E-state index contributed by atoms with van der Waals surface area (Å²) in [4.78, 5) is 28.2. The van der Waals surface area contributed by atoms with Crippen LogP contribution in [0.3, 0.4) is 0 Å². The summed E-state index contributed by atoms with van der Waals surface area (Å²) in [6.45, 7) is -0.0266. The third kappa shape index (κ3) is 6.40. The number of carbonyl (C=O) groups is 2. The Balaban J connectivity index is 1.67. The topological polar surface area (TPSA) is 80.7 Å². The molecule has 10 heteroatoms. The molecule has 0 saturated carbocycles. The highest BCUT2D eigenvalue weighted by atomic mass is 19.1. The molecule has 4 rings (SSSR count). The molecule has 1 atom stereocenters. The average Bonchev–Trinajstić information content (AvgIpc) is 3.40. The van der Waals surface area contributed by atoms with Crippen LogP contribution in [0.25, 0.3) is 0 Å². The SMILES string of the molecule is COCCN(CC(=O)N1N=C(c2ccc(F)cc2)C[C@@H]1c1ccc(OC)c(OC)c1)C(=O)c1cccc(F)c1. The molecule has 1 aliphatic rings. The Bertz CT molecular complexity index is 1360. The van der Waals surface area contributed by atoms with Crippen LogP contribution in [0, 0.1) is 11.6 Å². The first kappa shape index (κ1) is 27.7. The van der Waals surface area contributed by atoms with Crippen LogP contribution in [0.5, 0.6) is 11.5 Å². The first-order valence-corrected chi connectivity index (χ1v) is 12.3. The van der Waals surface area contributed by atoms with Gasteiger partial charge in [-0.3, -0.25) is 9.59 Å². The van der Waals surface area contributed by atoms with Gasteiger partial charge in [-0.2, -0.15) is 5.10 Å². The molecule has 0 bridgehead atoms. The molecule has 2 amide bonds. The molecule has 1 heterocycles. The van der Waals surface area contributed by atoms with Crippen LogP contribution in [0.15, 0.2) is 71.8 Å². The fourth-order valence-electron chi connectivity index (χ4n) is 4.37. The monoisotopic (exact) mass is 537 g/mol. The number of rotatable bonds is 10. The van der Waals surface area contributed by atoms with E-state index in [-0.39, 0.29) is 31.1 Å². The number of methoxy groups -OCH3 is 3. The van der Waals surface area contributed by atoms with Gasteiger partial charge in [-0.15, -0.1) is 0 Å². The summed E-state index contributed by atoms with van der Waals surface area (Å²) in [7, 11) is 4.54. The maximum absolute atomic E-state index is 13.8. The molecule has 0 N–H and O–H groups in total. The van der Waals surface area contributed by atoms with E-state index in [1.807, 2.05) is 6.07 Å². The van der Waals surface area contributed by atoms with Gasteiger partial charge in [0, 0.05) is 25.6 Å². The summed E-state index contributed by atoms with van der Waals surface area (Å²) < 4.78 is 43.3. The molecule has 0 aromatic heterocycles. The minimum absolute atomic E-state index is 0.112. The van der Waals surface area contributed by atoms with Gasteiger partial charge in [0.2, 0.25) is 0 Å². The number of nitrogens with zero attached hydrogens (tertiary/aromatic N) is 3. The fraction of sp³-hybridized carbons (Fsp3) is 0.276. The predicted octanol–water partition coefficient (Wildman–Crippen LogP) is 4.45. The van der Waals surface area contributed by atoms with E-state index < -0.39 is 23.7 Å². The number of benzene rings is 3. The smallest absolute Gasteiger partial charge is 0.262 e. The van der Waals surface area contributed by atoms with E-state index in [0.29, 0.717) is 29.2 Å². The molecule has 0 fully saturated rings. The maximum atomic E-state index is 13.8. The van der Waals surface area contributed by atoms with Gasteiger partial charge in [0.05, 0.1) is 32.6 Å². The summed E-state index contributed by atoms with van der Waals surface area (Å²) >= 11 is 0. The van der Waals surface area contributed by atoms with Crippen LogP contribution < -0.4 is 9.47 Å². The maximum Gasteiger partial charge on any atom is 0.262 e. The van der Waals surface area contributed by atoms with Crippen molar-refractivity contribution in [2.24, 2.45) is 5.10 Å². The van der Waals surface area contributed by atoms with E-state index in [1.165, 1.54) is 61.6 Å². The Hall–Kier alpha value is -4.31. The quantitative estimate of drug-likeness (QED) is 0.382. The van der Waals surface area contributed by atoms with E-state index in [2.05, 4.69) is 5.10 Å². The second-order valence-electron chi connectivity index (χ2n) is 8.86. The van der Waals surface area contributed by atoms with Crippen molar-refractivity contribution >= 4 is 17.5 Å². The summed E-state index contributed by atoms with van der Waals surface area (Å²) in [5.74, 6) is -0.882. The van der Waals surface area contributed by atoms with Gasteiger partial charge in [-0.1, -0.05) is 24.3 Å². The second kappa shape index (κ2) is 12.5. The lowest BCUT2D eigenvalue weighted by atomic mass is 9.98. The van der Waals surface area contributed by atoms with Gasteiger partial charge in [0.15, 0.2) is 11.5 Å². The van der Waals surface area contributed by atoms with Gasteiger partial charge in [0.1, 0.15) is 18.2 Å². The molecule has 39 heavy (non-hydrogen) atoms. The van der Waals surface area contributed by atoms with Crippen molar-refractivity contribution in [2.75, 3.05) is 41.0 Å². The van der Waals surface area contributed by atoms with Gasteiger partial charge in [0.25, 0.3) is 11.8 Å². The van der Waals surface area contributed by atoms with E-state index >= 15 is 0 Å². The van der Waals surface area contributed by atoms with Gasteiger partial charge >= 0.3 is 0 Å². The first-order chi connectivity index (χ1) is 18.8. The van der Waals surface area contributed by atoms with Gasteiger partial charge < -0.3 is 19.1 Å². The zero-order chi connectivity index (χ0) is 27.9. The molecule has 3 aromatic carbocycles. The van der Waals surface area contributed by atoms with Crippen molar-refractivity contribution in [3.63, 3.8) is 0 Å². The highest BCUT2D eigenvalue weighted by Gasteiger charge is 2.35. The number of hydrogen-bond acceptors (Lipinski definition) is 6. The van der Waals surface area contributed by atoms with Crippen molar-refractivity contribution in [3.05, 3.63) is 95.1 Å². The number of carbonyl (C=O) groups excluding carboxylic acids is 2. The predicted molar refractivity (Wildman–Crippen MR) is 141 cm³/mol. The number of ether oxygens (including phenoxy) is 3. The largest absolute Gasteiger partial charge is 0.493 e. The Morgan fingerprint density at radius 1 is 0.949 bits per heavy atom. The molecule has 204 valence electrons. The lowest BCUT2D eigenvalue weighted by Crippen LogP contribution is -2.42. The van der Waals surface area contributed by atoms with E-state index in [1.54, 1.807) is 24.3 Å². The molecule has 0 unspecified atom stereocenters. The highest BCUT2D eigenvalue weighted by molar-refractivity contribution is 6.03. The first-order valence-electron chi connectivity index (χ1n) is 12.3. The number of amides is 2. The molecule has 0 aliphatic carbocycles. The minimum Gasteiger partial charge on any atom is -0.493 e. The van der Waals surface area contributed by atoms with Crippen LogP contribution in [-0.4, -0.2) is 68.5 Å². The van der Waals surface area contributed by atoms with E-state index in [4.69, 9.17) is 14.2 Å². The average molecular weight is 538 g/mol. The van der Waals surface area contributed by atoms with Gasteiger partial charge in [-0.25, -0.2) is 13.8 Å². The van der Waals surface area contributed by atoms with Crippen molar-refractivity contribution in [3.8, 4) is 11.5 Å². The summed E-state index contributed by atoms with van der Waals surface area (Å²) in [6, 6.07) is 16.0. The summed E-state index contributed by atoms with van der Waals surface area (Å²) in [6.07, 6.45) is 0.350. The third-order valence-electron chi connectivity index (χ3n) is 6.39. The second-order valence-corrected chi connectivity index (χ2v) is 8.86. The molecule has 0 spiro atoms. The Kier molecular flexibility index (Phi) is 8.88. The Morgan fingerprint density at radius 2 is 1.69 bits per heavy atom. The van der Waals surface area contributed by atoms with Crippen LogP contribution in [0.4, 0.5) is 8.78 Å². The molecule has 1 aliphatic heterocycles. The zero-order valence-corrected chi connectivity index (χ0v) is 21.9. The van der Waals surface area contributed by atoms with Crippen molar-refractivity contribution in [1.29, 1.82) is 0 Å². The minimum atomic E-state index is -0.555.